The molecule has 0 atom stereocenters. The third-order valence-corrected chi connectivity index (χ3v) is 4.59. The van der Waals surface area contributed by atoms with Crippen LogP contribution in [0.4, 0.5) is 0 Å². The van der Waals surface area contributed by atoms with Crippen molar-refractivity contribution in [3.63, 3.8) is 0 Å². The molecular formula is C19H19NO3S. The van der Waals surface area contributed by atoms with Gasteiger partial charge in [0.2, 0.25) is 0 Å². The van der Waals surface area contributed by atoms with E-state index in [-0.39, 0.29) is 0 Å². The van der Waals surface area contributed by atoms with Gasteiger partial charge in [-0.15, -0.1) is 11.3 Å². The summed E-state index contributed by atoms with van der Waals surface area (Å²) in [5.41, 5.74) is 3.21. The Morgan fingerprint density at radius 3 is 2.29 bits per heavy atom. The zero-order chi connectivity index (χ0) is 16.9. The van der Waals surface area contributed by atoms with Gasteiger partial charge >= 0.3 is 0 Å². The molecule has 124 valence electrons. The second-order valence-electron chi connectivity index (χ2n) is 5.22. The predicted molar refractivity (Wildman–Crippen MR) is 96.5 cm³/mol. The van der Waals surface area contributed by atoms with Crippen molar-refractivity contribution >= 4 is 11.3 Å². The molecule has 3 aromatic rings. The molecule has 0 unspecified atom stereocenters. The van der Waals surface area contributed by atoms with Crippen LogP contribution in [-0.4, -0.2) is 26.3 Å². The van der Waals surface area contributed by atoms with E-state index in [1.54, 1.807) is 32.7 Å². The van der Waals surface area contributed by atoms with Crippen molar-refractivity contribution in [2.75, 3.05) is 21.3 Å². The number of methoxy groups -OCH3 is 3. The molecule has 0 aliphatic heterocycles. The van der Waals surface area contributed by atoms with E-state index >= 15 is 0 Å². The minimum absolute atomic E-state index is 0.735. The maximum absolute atomic E-state index is 5.36. The first-order valence-electron chi connectivity index (χ1n) is 7.53. The number of benzene rings is 2. The van der Waals surface area contributed by atoms with Crippen LogP contribution in [0.15, 0.2) is 47.8 Å². The van der Waals surface area contributed by atoms with Crippen LogP contribution in [0, 0.1) is 0 Å². The van der Waals surface area contributed by atoms with Crippen molar-refractivity contribution in [2.45, 2.75) is 6.42 Å². The summed E-state index contributed by atoms with van der Waals surface area (Å²) in [6.07, 6.45) is 0.765. The van der Waals surface area contributed by atoms with Gasteiger partial charge in [0, 0.05) is 17.4 Å². The van der Waals surface area contributed by atoms with Crippen LogP contribution in [-0.2, 0) is 6.42 Å². The first kappa shape index (κ1) is 16.3. The minimum Gasteiger partial charge on any atom is -0.497 e. The van der Waals surface area contributed by atoms with E-state index in [0.29, 0.717) is 0 Å². The summed E-state index contributed by atoms with van der Waals surface area (Å²) in [6.45, 7) is 0. The molecule has 0 bridgehead atoms. The molecule has 24 heavy (non-hydrogen) atoms. The zero-order valence-corrected chi connectivity index (χ0v) is 14.7. The summed E-state index contributed by atoms with van der Waals surface area (Å²) in [5.74, 6) is 2.32. The highest BCUT2D eigenvalue weighted by molar-refractivity contribution is 7.10. The highest BCUT2D eigenvalue weighted by Crippen LogP contribution is 2.30. The number of aromatic nitrogens is 1. The molecule has 0 N–H and O–H groups in total. The summed E-state index contributed by atoms with van der Waals surface area (Å²) < 4.78 is 15.8. The quantitative estimate of drug-likeness (QED) is 0.665. The lowest BCUT2D eigenvalue weighted by Gasteiger charge is -2.08. The lowest BCUT2D eigenvalue weighted by atomic mass is 10.1. The van der Waals surface area contributed by atoms with E-state index in [2.05, 4.69) is 5.38 Å². The zero-order valence-electron chi connectivity index (χ0n) is 13.9. The van der Waals surface area contributed by atoms with Gasteiger partial charge in [-0.3, -0.25) is 0 Å². The van der Waals surface area contributed by atoms with E-state index in [4.69, 9.17) is 19.2 Å². The number of rotatable bonds is 6. The second kappa shape index (κ2) is 7.36. The molecule has 1 heterocycles. The molecular weight excluding hydrogens is 322 g/mol. The summed E-state index contributed by atoms with van der Waals surface area (Å²) >= 11 is 1.66. The first-order valence-corrected chi connectivity index (χ1v) is 8.41. The smallest absolute Gasteiger partial charge is 0.160 e. The van der Waals surface area contributed by atoms with Gasteiger partial charge in [0.05, 0.1) is 32.0 Å². The topological polar surface area (TPSA) is 40.6 Å². The number of hydrogen-bond donors (Lipinski definition) is 0. The van der Waals surface area contributed by atoms with Crippen LogP contribution >= 0.6 is 11.3 Å². The monoisotopic (exact) mass is 341 g/mol. The highest BCUT2D eigenvalue weighted by Gasteiger charge is 2.09. The number of thiazole rings is 1. The Balaban J connectivity index is 1.78. The van der Waals surface area contributed by atoms with E-state index in [1.807, 2.05) is 42.5 Å². The Morgan fingerprint density at radius 2 is 1.62 bits per heavy atom. The number of hydrogen-bond acceptors (Lipinski definition) is 5. The fourth-order valence-corrected chi connectivity index (χ4v) is 3.29. The fraction of sp³-hybridized carbons (Fsp3) is 0.211. The van der Waals surface area contributed by atoms with E-state index < -0.39 is 0 Å². The normalized spacial score (nSPS) is 10.5. The molecule has 0 saturated heterocycles. The van der Waals surface area contributed by atoms with Crippen LogP contribution in [0.3, 0.4) is 0 Å². The van der Waals surface area contributed by atoms with Gasteiger partial charge in [0.1, 0.15) is 5.75 Å². The number of ether oxygens (including phenoxy) is 3. The number of nitrogens with zero attached hydrogens (tertiary/aromatic N) is 1. The molecule has 1 aromatic heterocycles. The third kappa shape index (κ3) is 3.51. The average molecular weight is 341 g/mol. The Bertz CT molecular complexity index is 812. The maximum Gasteiger partial charge on any atom is 0.160 e. The van der Waals surface area contributed by atoms with Gasteiger partial charge in [-0.2, -0.15) is 0 Å². The van der Waals surface area contributed by atoms with Crippen molar-refractivity contribution in [3.05, 3.63) is 58.4 Å². The summed E-state index contributed by atoms with van der Waals surface area (Å²) in [6, 6.07) is 13.9. The van der Waals surface area contributed by atoms with Gasteiger partial charge in [0.15, 0.2) is 11.5 Å². The van der Waals surface area contributed by atoms with Crippen molar-refractivity contribution in [1.82, 2.24) is 4.98 Å². The fourth-order valence-electron chi connectivity index (χ4n) is 2.45. The molecule has 0 spiro atoms. The third-order valence-electron chi connectivity index (χ3n) is 3.74. The standard InChI is InChI=1S/C19H19NO3S/c1-21-15-7-5-14(6-8-15)16-12-24-19(20-16)11-13-4-9-17(22-2)18(10-13)23-3/h4-10,12H,11H2,1-3H3. The van der Waals surface area contributed by atoms with Gasteiger partial charge in [-0.05, 0) is 42.0 Å². The molecule has 0 amide bonds. The van der Waals surface area contributed by atoms with Crippen LogP contribution in [0.1, 0.15) is 10.6 Å². The van der Waals surface area contributed by atoms with Gasteiger partial charge in [0.25, 0.3) is 0 Å². The molecule has 4 nitrogen and oxygen atoms in total. The molecule has 3 rings (SSSR count). The van der Waals surface area contributed by atoms with Crippen molar-refractivity contribution in [1.29, 1.82) is 0 Å². The van der Waals surface area contributed by atoms with E-state index in [1.165, 1.54) is 0 Å². The van der Waals surface area contributed by atoms with Crippen LogP contribution in [0.2, 0.25) is 0 Å². The molecule has 0 aliphatic carbocycles. The highest BCUT2D eigenvalue weighted by atomic mass is 32.1. The summed E-state index contributed by atoms with van der Waals surface area (Å²) in [7, 11) is 4.95. The second-order valence-corrected chi connectivity index (χ2v) is 6.16. The minimum atomic E-state index is 0.735. The van der Waals surface area contributed by atoms with Gasteiger partial charge in [-0.25, -0.2) is 4.98 Å². The lowest BCUT2D eigenvalue weighted by molar-refractivity contribution is 0.354. The Hall–Kier alpha value is -2.53. The largest absolute Gasteiger partial charge is 0.497 e. The van der Waals surface area contributed by atoms with E-state index in [0.717, 1.165) is 45.5 Å². The molecule has 0 aliphatic rings. The predicted octanol–water partition coefficient (Wildman–Crippen LogP) is 4.43. The van der Waals surface area contributed by atoms with Crippen LogP contribution < -0.4 is 14.2 Å². The molecule has 5 heteroatoms. The van der Waals surface area contributed by atoms with Crippen molar-refractivity contribution in [2.24, 2.45) is 0 Å². The first-order chi connectivity index (χ1) is 11.7. The molecule has 2 aromatic carbocycles. The van der Waals surface area contributed by atoms with Crippen molar-refractivity contribution in [3.8, 4) is 28.5 Å². The molecule has 0 saturated carbocycles. The average Bonchev–Trinajstić information content (AvgIpc) is 3.10. The van der Waals surface area contributed by atoms with Gasteiger partial charge < -0.3 is 14.2 Å². The van der Waals surface area contributed by atoms with Crippen LogP contribution in [0.25, 0.3) is 11.3 Å². The SMILES string of the molecule is COc1ccc(-c2csc(Cc3ccc(OC)c(OC)c3)n2)cc1. The van der Waals surface area contributed by atoms with Crippen molar-refractivity contribution < 1.29 is 14.2 Å². The summed E-state index contributed by atoms with van der Waals surface area (Å²) in [5, 5.41) is 3.14. The Morgan fingerprint density at radius 1 is 0.875 bits per heavy atom. The molecule has 0 radical (unpaired) electrons. The van der Waals surface area contributed by atoms with E-state index in [9.17, 15) is 0 Å². The van der Waals surface area contributed by atoms with Crippen LogP contribution in [0.5, 0.6) is 17.2 Å². The summed E-state index contributed by atoms with van der Waals surface area (Å²) in [4.78, 5) is 4.73. The lowest BCUT2D eigenvalue weighted by Crippen LogP contribution is -1.93. The maximum atomic E-state index is 5.36. The Kier molecular flexibility index (Phi) is 5.01. The Labute approximate surface area is 145 Å². The molecule has 0 fully saturated rings. The van der Waals surface area contributed by atoms with Gasteiger partial charge in [-0.1, -0.05) is 6.07 Å².